The molecule has 0 spiro atoms. The molecule has 19 heavy (non-hydrogen) atoms. The highest BCUT2D eigenvalue weighted by Gasteiger charge is 2.14. The molecule has 7 heteroatoms. The van der Waals surface area contributed by atoms with Crippen molar-refractivity contribution in [3.8, 4) is 0 Å². The van der Waals surface area contributed by atoms with Crippen molar-refractivity contribution < 1.29 is 9.59 Å². The Hall–Kier alpha value is -2.15. The molecule has 100 valence electrons. The van der Waals surface area contributed by atoms with Crippen LogP contribution in [0.1, 0.15) is 28.0 Å². The highest BCUT2D eigenvalue weighted by molar-refractivity contribution is 7.18. The number of hydrogen-bond donors (Lipinski definition) is 3. The smallest absolute Gasteiger partial charge is 0.265 e. The van der Waals surface area contributed by atoms with E-state index in [-0.39, 0.29) is 11.8 Å². The van der Waals surface area contributed by atoms with Gasteiger partial charge in [0, 0.05) is 6.92 Å². The van der Waals surface area contributed by atoms with Gasteiger partial charge >= 0.3 is 0 Å². The van der Waals surface area contributed by atoms with Crippen LogP contribution in [-0.2, 0) is 4.79 Å². The van der Waals surface area contributed by atoms with Crippen LogP contribution >= 0.6 is 11.3 Å². The van der Waals surface area contributed by atoms with Crippen LogP contribution in [-0.4, -0.2) is 22.0 Å². The number of rotatable bonds is 3. The second kappa shape index (κ2) is 5.23. The van der Waals surface area contributed by atoms with Gasteiger partial charge in [-0.3, -0.25) is 14.7 Å². The second-order valence-electron chi connectivity index (χ2n) is 4.11. The second-order valence-corrected chi connectivity index (χ2v) is 5.19. The molecule has 0 saturated carbocycles. The average Bonchev–Trinajstić information content (AvgIpc) is 2.90. The first-order valence-electron chi connectivity index (χ1n) is 5.67. The van der Waals surface area contributed by atoms with Gasteiger partial charge in [-0.1, -0.05) is 0 Å². The molecule has 0 bridgehead atoms. The van der Waals surface area contributed by atoms with Gasteiger partial charge < -0.3 is 10.6 Å². The van der Waals surface area contributed by atoms with Crippen LogP contribution in [0.5, 0.6) is 0 Å². The molecule has 2 aromatic rings. The molecule has 0 aliphatic rings. The Morgan fingerprint density at radius 1 is 1.26 bits per heavy atom. The summed E-state index contributed by atoms with van der Waals surface area (Å²) in [6.45, 7) is 5.08. The number of amides is 2. The number of thiophene rings is 1. The van der Waals surface area contributed by atoms with Crippen LogP contribution in [0.15, 0.2) is 12.1 Å². The minimum atomic E-state index is -0.214. The topological polar surface area (TPSA) is 86.9 Å². The number of carbonyl (C=O) groups is 2. The van der Waals surface area contributed by atoms with E-state index in [2.05, 4.69) is 20.8 Å². The Labute approximate surface area is 114 Å². The van der Waals surface area contributed by atoms with Gasteiger partial charge in [-0.05, 0) is 26.0 Å². The number of aromatic nitrogens is 2. The maximum atomic E-state index is 12.1. The van der Waals surface area contributed by atoms with Crippen molar-refractivity contribution in [1.29, 1.82) is 0 Å². The van der Waals surface area contributed by atoms with Gasteiger partial charge in [-0.2, -0.15) is 5.10 Å². The minimum absolute atomic E-state index is 0.157. The van der Waals surface area contributed by atoms with Crippen LogP contribution in [0.25, 0.3) is 0 Å². The Bertz CT molecular complexity index is 610. The Kier molecular flexibility index (Phi) is 3.66. The van der Waals surface area contributed by atoms with Crippen LogP contribution in [0, 0.1) is 13.8 Å². The van der Waals surface area contributed by atoms with Gasteiger partial charge in [0.1, 0.15) is 0 Å². The lowest BCUT2D eigenvalue weighted by Crippen LogP contribution is -2.11. The van der Waals surface area contributed by atoms with E-state index in [0.29, 0.717) is 15.6 Å². The van der Waals surface area contributed by atoms with Gasteiger partial charge in [0.05, 0.1) is 27.0 Å². The number of aryl methyl sites for hydroxylation is 2. The quantitative estimate of drug-likeness (QED) is 0.805. The summed E-state index contributed by atoms with van der Waals surface area (Å²) in [5.74, 6) is -0.371. The molecular weight excluding hydrogens is 264 g/mol. The zero-order valence-corrected chi connectivity index (χ0v) is 11.6. The Balaban J connectivity index is 2.12. The third kappa shape index (κ3) is 3.00. The van der Waals surface area contributed by atoms with Crippen LogP contribution in [0.3, 0.4) is 0 Å². The van der Waals surface area contributed by atoms with Crippen molar-refractivity contribution in [1.82, 2.24) is 10.2 Å². The molecule has 2 rings (SSSR count). The summed E-state index contributed by atoms with van der Waals surface area (Å²) in [4.78, 5) is 23.5. The van der Waals surface area contributed by atoms with Crippen molar-refractivity contribution in [2.45, 2.75) is 20.8 Å². The number of nitrogens with zero attached hydrogens (tertiary/aromatic N) is 1. The van der Waals surface area contributed by atoms with E-state index >= 15 is 0 Å². The van der Waals surface area contributed by atoms with Gasteiger partial charge in [0.15, 0.2) is 0 Å². The maximum Gasteiger partial charge on any atom is 0.265 e. The molecule has 0 aliphatic carbocycles. The highest BCUT2D eigenvalue weighted by Crippen LogP contribution is 2.24. The van der Waals surface area contributed by atoms with Gasteiger partial charge in [-0.15, -0.1) is 11.3 Å². The summed E-state index contributed by atoms with van der Waals surface area (Å²) in [5, 5.41) is 12.9. The summed E-state index contributed by atoms with van der Waals surface area (Å²) >= 11 is 1.23. The molecule has 0 radical (unpaired) electrons. The molecule has 0 aromatic carbocycles. The molecule has 0 aliphatic heterocycles. The Morgan fingerprint density at radius 3 is 2.58 bits per heavy atom. The molecule has 6 nitrogen and oxygen atoms in total. The minimum Gasteiger partial charge on any atom is -0.318 e. The Morgan fingerprint density at radius 2 is 2.00 bits per heavy atom. The van der Waals surface area contributed by atoms with E-state index in [1.165, 1.54) is 18.3 Å². The normalized spacial score (nSPS) is 10.3. The first-order chi connectivity index (χ1) is 8.97. The van der Waals surface area contributed by atoms with E-state index in [9.17, 15) is 9.59 Å². The zero-order valence-electron chi connectivity index (χ0n) is 10.8. The van der Waals surface area contributed by atoms with E-state index < -0.39 is 0 Å². The SMILES string of the molecule is CC(=O)Nc1ccc(C(=O)Nc2c(C)n[nH]c2C)s1. The number of anilines is 2. The van der Waals surface area contributed by atoms with Gasteiger partial charge in [0.25, 0.3) is 5.91 Å². The molecule has 0 fully saturated rings. The molecule has 2 amide bonds. The van der Waals surface area contributed by atoms with Gasteiger partial charge in [-0.25, -0.2) is 0 Å². The summed E-state index contributed by atoms with van der Waals surface area (Å²) in [5.41, 5.74) is 2.24. The molecule has 0 saturated heterocycles. The average molecular weight is 278 g/mol. The number of hydrogen-bond acceptors (Lipinski definition) is 4. The lowest BCUT2D eigenvalue weighted by Gasteiger charge is -2.03. The number of H-pyrrole nitrogens is 1. The molecule has 2 aromatic heterocycles. The lowest BCUT2D eigenvalue weighted by molar-refractivity contribution is -0.114. The van der Waals surface area contributed by atoms with E-state index in [4.69, 9.17) is 0 Å². The van der Waals surface area contributed by atoms with Crippen LogP contribution < -0.4 is 10.6 Å². The summed E-state index contributed by atoms with van der Waals surface area (Å²) in [6, 6.07) is 3.38. The fraction of sp³-hybridized carbons (Fsp3) is 0.250. The molecule has 0 unspecified atom stereocenters. The lowest BCUT2D eigenvalue weighted by atomic mass is 10.3. The standard InChI is InChI=1S/C12H14N4O2S/c1-6-11(7(2)16-15-6)14-12(18)9-4-5-10(19-9)13-8(3)17/h4-5H,1-3H3,(H,13,17)(H,14,18)(H,15,16). The number of aromatic amines is 1. The predicted octanol–water partition coefficient (Wildman–Crippen LogP) is 2.30. The third-order valence-electron chi connectivity index (χ3n) is 2.50. The number of carbonyl (C=O) groups excluding carboxylic acids is 2. The van der Waals surface area contributed by atoms with Crippen molar-refractivity contribution in [3.63, 3.8) is 0 Å². The van der Waals surface area contributed by atoms with Crippen LogP contribution in [0.4, 0.5) is 10.7 Å². The van der Waals surface area contributed by atoms with Crippen molar-refractivity contribution in [2.24, 2.45) is 0 Å². The molecular formula is C12H14N4O2S. The fourth-order valence-corrected chi connectivity index (χ4v) is 2.46. The molecule has 2 heterocycles. The first kappa shape index (κ1) is 13.3. The summed E-state index contributed by atoms with van der Waals surface area (Å²) < 4.78 is 0. The fourth-order valence-electron chi connectivity index (χ4n) is 1.61. The number of nitrogens with one attached hydrogen (secondary N) is 3. The molecule has 0 atom stereocenters. The van der Waals surface area contributed by atoms with E-state index in [1.807, 2.05) is 13.8 Å². The van der Waals surface area contributed by atoms with Gasteiger partial charge in [0.2, 0.25) is 5.91 Å². The monoisotopic (exact) mass is 278 g/mol. The maximum absolute atomic E-state index is 12.1. The summed E-state index contributed by atoms with van der Waals surface area (Å²) in [7, 11) is 0. The first-order valence-corrected chi connectivity index (χ1v) is 6.49. The highest BCUT2D eigenvalue weighted by atomic mass is 32.1. The predicted molar refractivity (Wildman–Crippen MR) is 74.6 cm³/mol. The van der Waals surface area contributed by atoms with Crippen molar-refractivity contribution in [2.75, 3.05) is 10.6 Å². The van der Waals surface area contributed by atoms with E-state index in [1.54, 1.807) is 12.1 Å². The zero-order chi connectivity index (χ0) is 14.0. The molecule has 3 N–H and O–H groups in total. The summed E-state index contributed by atoms with van der Waals surface area (Å²) in [6.07, 6.45) is 0. The van der Waals surface area contributed by atoms with Crippen molar-refractivity contribution >= 4 is 33.8 Å². The van der Waals surface area contributed by atoms with Crippen molar-refractivity contribution in [3.05, 3.63) is 28.4 Å². The van der Waals surface area contributed by atoms with E-state index in [0.717, 1.165) is 11.4 Å². The van der Waals surface area contributed by atoms with Crippen LogP contribution in [0.2, 0.25) is 0 Å². The third-order valence-corrected chi connectivity index (χ3v) is 3.50. The largest absolute Gasteiger partial charge is 0.318 e.